The molecule has 21 heavy (non-hydrogen) atoms. The zero-order valence-electron chi connectivity index (χ0n) is 13.9. The van der Waals surface area contributed by atoms with E-state index in [0.717, 1.165) is 17.9 Å². The van der Waals surface area contributed by atoms with Crippen molar-refractivity contribution in [1.29, 1.82) is 0 Å². The lowest BCUT2D eigenvalue weighted by molar-refractivity contribution is -0.119. The molecule has 2 unspecified atom stereocenters. The second-order valence-electron chi connectivity index (χ2n) is 8.07. The van der Waals surface area contributed by atoms with Gasteiger partial charge in [0.15, 0.2) is 0 Å². The summed E-state index contributed by atoms with van der Waals surface area (Å²) in [5.74, 6) is 1.87. The average Bonchev–Trinajstić information content (AvgIpc) is 2.38. The number of benzene rings is 1. The summed E-state index contributed by atoms with van der Waals surface area (Å²) in [6, 6.07) is 10.2. The van der Waals surface area contributed by atoms with Crippen molar-refractivity contribution in [2.75, 3.05) is 0 Å². The molecule has 0 bridgehead atoms. The number of carbonyl (C=O) groups excluding carboxylic acids is 1. The molecule has 2 rings (SSSR count). The summed E-state index contributed by atoms with van der Waals surface area (Å²) in [6.45, 7) is 6.99. The molecule has 0 radical (unpaired) electrons. The average molecular weight is 286 g/mol. The summed E-state index contributed by atoms with van der Waals surface area (Å²) < 4.78 is 0. The number of carbonyl (C=O) groups is 1. The van der Waals surface area contributed by atoms with Crippen LogP contribution in [0.15, 0.2) is 30.3 Å². The van der Waals surface area contributed by atoms with Gasteiger partial charge in [-0.2, -0.15) is 0 Å². The van der Waals surface area contributed by atoms with Crippen molar-refractivity contribution in [3.05, 3.63) is 35.9 Å². The molecular weight excluding hydrogens is 256 g/mol. The lowest BCUT2D eigenvalue weighted by Crippen LogP contribution is -2.22. The first kappa shape index (κ1) is 16.3. The predicted molar refractivity (Wildman–Crippen MR) is 89.3 cm³/mol. The summed E-state index contributed by atoms with van der Waals surface area (Å²) in [4.78, 5) is 12.3. The molecule has 1 aromatic carbocycles. The van der Waals surface area contributed by atoms with E-state index in [0.29, 0.717) is 23.5 Å². The zero-order chi connectivity index (χ0) is 15.3. The van der Waals surface area contributed by atoms with Gasteiger partial charge >= 0.3 is 0 Å². The Bertz CT molecular complexity index is 441. The van der Waals surface area contributed by atoms with Crippen LogP contribution < -0.4 is 0 Å². The minimum Gasteiger partial charge on any atom is -0.299 e. The van der Waals surface area contributed by atoms with Gasteiger partial charge in [-0.3, -0.25) is 4.79 Å². The van der Waals surface area contributed by atoms with Gasteiger partial charge in [0.1, 0.15) is 5.78 Å². The van der Waals surface area contributed by atoms with Crippen molar-refractivity contribution in [2.45, 2.75) is 65.7 Å². The summed E-state index contributed by atoms with van der Waals surface area (Å²) >= 11 is 0. The maximum absolute atomic E-state index is 12.3. The largest absolute Gasteiger partial charge is 0.299 e. The first-order chi connectivity index (χ1) is 9.92. The third-order valence-corrected chi connectivity index (χ3v) is 4.55. The minimum atomic E-state index is 0.417. The van der Waals surface area contributed by atoms with Crippen LogP contribution in [-0.2, 0) is 11.2 Å². The smallest absolute Gasteiger partial charge is 0.137 e. The fraction of sp³-hybridized carbons (Fsp3) is 0.650. The number of rotatable bonds is 5. The fourth-order valence-electron chi connectivity index (χ4n) is 3.86. The highest BCUT2D eigenvalue weighted by molar-refractivity contribution is 5.81. The highest BCUT2D eigenvalue weighted by Crippen LogP contribution is 2.38. The van der Waals surface area contributed by atoms with Crippen molar-refractivity contribution in [1.82, 2.24) is 0 Å². The van der Waals surface area contributed by atoms with Gasteiger partial charge in [0.05, 0.1) is 0 Å². The molecule has 116 valence electrons. The van der Waals surface area contributed by atoms with E-state index >= 15 is 0 Å². The Morgan fingerprint density at radius 3 is 2.43 bits per heavy atom. The maximum atomic E-state index is 12.3. The molecule has 1 fully saturated rings. The Hall–Kier alpha value is -1.11. The Morgan fingerprint density at radius 1 is 1.10 bits per heavy atom. The van der Waals surface area contributed by atoms with Crippen molar-refractivity contribution in [3.63, 3.8) is 0 Å². The van der Waals surface area contributed by atoms with Crippen LogP contribution in [-0.4, -0.2) is 5.78 Å². The minimum absolute atomic E-state index is 0.417. The van der Waals surface area contributed by atoms with Crippen LogP contribution in [0.5, 0.6) is 0 Å². The van der Waals surface area contributed by atoms with Crippen LogP contribution in [0, 0.1) is 17.3 Å². The van der Waals surface area contributed by atoms with E-state index in [4.69, 9.17) is 0 Å². The molecule has 1 aliphatic carbocycles. The van der Waals surface area contributed by atoms with Crippen LogP contribution >= 0.6 is 0 Å². The molecule has 0 spiro atoms. The molecule has 1 nitrogen and oxygen atoms in total. The number of hydrogen-bond donors (Lipinski definition) is 0. The van der Waals surface area contributed by atoms with E-state index in [1.165, 1.54) is 32.1 Å². The standard InChI is InChI=1S/C20H30O/c1-20(2,3)15-18-11-7-10-17(12-18)14-19(21)13-16-8-5-4-6-9-16/h4-6,8-9,17-18H,7,10-15H2,1-3H3. The third-order valence-electron chi connectivity index (χ3n) is 4.55. The monoisotopic (exact) mass is 286 g/mol. The fourth-order valence-corrected chi connectivity index (χ4v) is 3.86. The number of Topliss-reactive ketones (excluding diaryl/α,β-unsaturated/α-hetero) is 1. The van der Waals surface area contributed by atoms with E-state index in [9.17, 15) is 4.79 Å². The highest BCUT2D eigenvalue weighted by Gasteiger charge is 2.27. The second kappa shape index (κ2) is 7.24. The molecule has 2 atom stereocenters. The van der Waals surface area contributed by atoms with Crippen LogP contribution in [0.3, 0.4) is 0 Å². The van der Waals surface area contributed by atoms with E-state index < -0.39 is 0 Å². The SMILES string of the molecule is CC(C)(C)CC1CCCC(CC(=O)Cc2ccccc2)C1. The molecule has 0 aliphatic heterocycles. The topological polar surface area (TPSA) is 17.1 Å². The van der Waals surface area contributed by atoms with Crippen molar-refractivity contribution in [3.8, 4) is 0 Å². The van der Waals surface area contributed by atoms with E-state index in [-0.39, 0.29) is 0 Å². The number of hydrogen-bond acceptors (Lipinski definition) is 1. The summed E-state index contributed by atoms with van der Waals surface area (Å²) in [7, 11) is 0. The molecular formula is C20H30O. The lowest BCUT2D eigenvalue weighted by Gasteiger charge is -2.33. The van der Waals surface area contributed by atoms with Gasteiger partial charge in [0, 0.05) is 12.8 Å². The van der Waals surface area contributed by atoms with Crippen LogP contribution in [0.4, 0.5) is 0 Å². The molecule has 0 N–H and O–H groups in total. The van der Waals surface area contributed by atoms with Gasteiger partial charge in [0.25, 0.3) is 0 Å². The van der Waals surface area contributed by atoms with Gasteiger partial charge in [-0.05, 0) is 35.7 Å². The molecule has 1 aromatic rings. The lowest BCUT2D eigenvalue weighted by atomic mass is 9.73. The first-order valence-corrected chi connectivity index (χ1v) is 8.48. The van der Waals surface area contributed by atoms with E-state index in [1.54, 1.807) is 0 Å². The highest BCUT2D eigenvalue weighted by atomic mass is 16.1. The van der Waals surface area contributed by atoms with Gasteiger partial charge in [-0.25, -0.2) is 0 Å². The molecule has 1 saturated carbocycles. The molecule has 0 amide bonds. The van der Waals surface area contributed by atoms with Crippen LogP contribution in [0.2, 0.25) is 0 Å². The predicted octanol–water partition coefficient (Wildman–Crippen LogP) is 5.43. The second-order valence-corrected chi connectivity index (χ2v) is 8.07. The van der Waals surface area contributed by atoms with Gasteiger partial charge < -0.3 is 0 Å². The third kappa shape index (κ3) is 6.03. The summed E-state index contributed by atoms with van der Waals surface area (Å²) in [5.41, 5.74) is 1.57. The van der Waals surface area contributed by atoms with Crippen molar-refractivity contribution < 1.29 is 4.79 Å². The van der Waals surface area contributed by atoms with Crippen molar-refractivity contribution in [2.24, 2.45) is 17.3 Å². The maximum Gasteiger partial charge on any atom is 0.137 e. The molecule has 1 aliphatic rings. The van der Waals surface area contributed by atoms with Crippen LogP contribution in [0.1, 0.15) is 64.9 Å². The first-order valence-electron chi connectivity index (χ1n) is 8.48. The van der Waals surface area contributed by atoms with E-state index in [2.05, 4.69) is 32.9 Å². The van der Waals surface area contributed by atoms with Gasteiger partial charge in [-0.15, -0.1) is 0 Å². The molecule has 0 saturated heterocycles. The molecule has 1 heteroatoms. The molecule has 0 aromatic heterocycles. The zero-order valence-corrected chi connectivity index (χ0v) is 13.9. The van der Waals surface area contributed by atoms with E-state index in [1.807, 2.05) is 18.2 Å². The van der Waals surface area contributed by atoms with Crippen LogP contribution in [0.25, 0.3) is 0 Å². The van der Waals surface area contributed by atoms with Gasteiger partial charge in [0.2, 0.25) is 0 Å². The molecule has 0 heterocycles. The summed E-state index contributed by atoms with van der Waals surface area (Å²) in [6.07, 6.45) is 7.89. The Balaban J connectivity index is 1.81. The Kier molecular flexibility index (Phi) is 5.61. The van der Waals surface area contributed by atoms with Crippen molar-refractivity contribution >= 4 is 5.78 Å². The normalized spacial score (nSPS) is 23.0. The van der Waals surface area contributed by atoms with Gasteiger partial charge in [-0.1, -0.05) is 70.4 Å². The quantitative estimate of drug-likeness (QED) is 0.705. The Labute approximate surface area is 130 Å². The Morgan fingerprint density at radius 2 is 1.76 bits per heavy atom. The summed E-state index contributed by atoms with van der Waals surface area (Å²) in [5, 5.41) is 0. The number of ketones is 1.